The van der Waals surface area contributed by atoms with Crippen LogP contribution in [0.4, 0.5) is 5.69 Å². The maximum atomic E-state index is 13.1. The maximum Gasteiger partial charge on any atom is 0.228 e. The molecule has 1 N–H and O–H groups in total. The fraction of sp³-hybridized carbons (Fsp3) is 0.226. The van der Waals surface area contributed by atoms with Gasteiger partial charge in [-0.25, -0.2) is 8.42 Å². The molecule has 0 unspecified atom stereocenters. The van der Waals surface area contributed by atoms with Crippen molar-refractivity contribution in [2.45, 2.75) is 50.3 Å². The van der Waals surface area contributed by atoms with E-state index in [0.29, 0.717) is 33.7 Å². The molecule has 0 aliphatic carbocycles. The van der Waals surface area contributed by atoms with Crippen molar-refractivity contribution in [2.24, 2.45) is 0 Å². The lowest BCUT2D eigenvalue weighted by molar-refractivity contribution is -0.115. The molecule has 0 fully saturated rings. The second-order valence-corrected chi connectivity index (χ2v) is 12.9. The Morgan fingerprint density at radius 3 is 2.51 bits per heavy atom. The number of nitrogens with zero attached hydrogens (tertiary/aromatic N) is 4. The summed E-state index contributed by atoms with van der Waals surface area (Å²) in [4.78, 5) is 21.2. The fourth-order valence-electron chi connectivity index (χ4n) is 4.37. The minimum absolute atomic E-state index is 0.147. The van der Waals surface area contributed by atoms with Crippen LogP contribution in [0.3, 0.4) is 0 Å². The number of fused-ring (bicyclic) bond motifs is 1. The number of aryl methyl sites for hydroxylation is 1. The summed E-state index contributed by atoms with van der Waals surface area (Å²) in [6, 6.07) is 15.5. The fourth-order valence-corrected chi connectivity index (χ4v) is 5.72. The molecular formula is C31H31N5O4S. The van der Waals surface area contributed by atoms with Crippen molar-refractivity contribution in [1.29, 1.82) is 0 Å². The van der Waals surface area contributed by atoms with Crippen LogP contribution in [-0.4, -0.2) is 34.1 Å². The number of anilines is 1. The number of sulfone groups is 1. The monoisotopic (exact) mass is 569 g/mol. The van der Waals surface area contributed by atoms with Crippen molar-refractivity contribution < 1.29 is 17.9 Å². The predicted molar refractivity (Wildman–Crippen MR) is 158 cm³/mol. The number of carbonyl (C=O) groups excluding carboxylic acids is 1. The van der Waals surface area contributed by atoms with E-state index in [2.05, 4.69) is 20.4 Å². The Morgan fingerprint density at radius 2 is 1.80 bits per heavy atom. The number of ether oxygens (including phenoxy) is 1. The first kappa shape index (κ1) is 28.0. The van der Waals surface area contributed by atoms with Crippen molar-refractivity contribution in [2.75, 3.05) is 5.32 Å². The Hall–Kier alpha value is -4.57. The first-order valence-corrected chi connectivity index (χ1v) is 14.8. The number of nitrogens with one attached hydrogen (secondary N) is 1. The Labute approximate surface area is 239 Å². The highest BCUT2D eigenvalue weighted by Gasteiger charge is 2.18. The quantitative estimate of drug-likeness (QED) is 0.250. The first-order valence-electron chi connectivity index (χ1n) is 13.1. The third-order valence-electron chi connectivity index (χ3n) is 6.49. The Balaban J connectivity index is 1.32. The Bertz CT molecular complexity index is 1830. The molecule has 210 valence electrons. The minimum atomic E-state index is -3.61. The summed E-state index contributed by atoms with van der Waals surface area (Å²) in [5.41, 5.74) is 3.36. The van der Waals surface area contributed by atoms with Gasteiger partial charge < -0.3 is 10.1 Å². The van der Waals surface area contributed by atoms with Crippen molar-refractivity contribution >= 4 is 32.3 Å². The molecule has 1 amide bonds. The van der Waals surface area contributed by atoms with Gasteiger partial charge in [-0.3, -0.25) is 19.4 Å². The van der Waals surface area contributed by atoms with Gasteiger partial charge in [-0.1, -0.05) is 18.2 Å². The molecule has 3 heterocycles. The van der Waals surface area contributed by atoms with Gasteiger partial charge in [-0.15, -0.1) is 0 Å². The highest BCUT2D eigenvalue weighted by Crippen LogP contribution is 2.33. The SMILES string of the molecule is Cc1cc(CC(=O)Nc2cnn(C(C)(C)C)c2)ccc1Oc1ccnc2ccc(S(=O)(=O)Cc3cccnc3)cc12. The predicted octanol–water partition coefficient (Wildman–Crippen LogP) is 5.84. The average Bonchev–Trinajstić information content (AvgIpc) is 3.39. The molecule has 0 spiro atoms. The van der Waals surface area contributed by atoms with E-state index < -0.39 is 9.84 Å². The maximum absolute atomic E-state index is 13.1. The minimum Gasteiger partial charge on any atom is -0.456 e. The zero-order valence-electron chi connectivity index (χ0n) is 23.3. The number of benzene rings is 2. The molecule has 5 aromatic rings. The Morgan fingerprint density at radius 1 is 0.976 bits per heavy atom. The molecule has 0 atom stereocenters. The average molecular weight is 570 g/mol. The lowest BCUT2D eigenvalue weighted by atomic mass is 10.1. The zero-order chi connectivity index (χ0) is 29.2. The van der Waals surface area contributed by atoms with E-state index in [1.807, 2.05) is 52.1 Å². The topological polar surface area (TPSA) is 116 Å². The Kier molecular flexibility index (Phi) is 7.59. The number of amides is 1. The molecule has 0 saturated carbocycles. The molecule has 2 aromatic carbocycles. The number of hydrogen-bond donors (Lipinski definition) is 1. The van der Waals surface area contributed by atoms with E-state index in [-0.39, 0.29) is 28.5 Å². The van der Waals surface area contributed by atoms with Crippen molar-refractivity contribution in [3.8, 4) is 11.5 Å². The molecule has 0 aliphatic rings. The summed E-state index contributed by atoms with van der Waals surface area (Å²) in [6.07, 6.45) is 8.42. The summed E-state index contributed by atoms with van der Waals surface area (Å²) in [7, 11) is -3.61. The lowest BCUT2D eigenvalue weighted by Crippen LogP contribution is -2.22. The second kappa shape index (κ2) is 11.1. The van der Waals surface area contributed by atoms with Gasteiger partial charge in [0.2, 0.25) is 5.91 Å². The molecular weight excluding hydrogens is 538 g/mol. The van der Waals surface area contributed by atoms with Crippen molar-refractivity contribution in [1.82, 2.24) is 19.7 Å². The van der Waals surface area contributed by atoms with E-state index in [4.69, 9.17) is 4.74 Å². The molecule has 0 radical (unpaired) electrons. The number of hydrogen-bond acceptors (Lipinski definition) is 7. The number of carbonyl (C=O) groups is 1. The van der Waals surface area contributed by atoms with Crippen LogP contribution in [-0.2, 0) is 32.3 Å². The van der Waals surface area contributed by atoms with Gasteiger partial charge in [0.1, 0.15) is 11.5 Å². The van der Waals surface area contributed by atoms with Crippen LogP contribution in [0.5, 0.6) is 11.5 Å². The highest BCUT2D eigenvalue weighted by atomic mass is 32.2. The lowest BCUT2D eigenvalue weighted by Gasteiger charge is -2.18. The molecule has 0 bridgehead atoms. The number of aromatic nitrogens is 4. The molecule has 9 nitrogen and oxygen atoms in total. The van der Waals surface area contributed by atoms with Gasteiger partial charge >= 0.3 is 0 Å². The molecule has 0 aliphatic heterocycles. The van der Waals surface area contributed by atoms with Gasteiger partial charge in [0.15, 0.2) is 9.84 Å². The van der Waals surface area contributed by atoms with Crippen LogP contribution in [0.2, 0.25) is 0 Å². The van der Waals surface area contributed by atoms with E-state index in [0.717, 1.165) is 11.1 Å². The first-order chi connectivity index (χ1) is 19.5. The van der Waals surface area contributed by atoms with E-state index in [1.54, 1.807) is 65.9 Å². The van der Waals surface area contributed by atoms with E-state index in [1.165, 1.54) is 0 Å². The standard InChI is InChI=1S/C31H31N5O4S/c1-21-14-22(15-30(37)35-24-18-34-36(19-24)31(2,3)4)7-10-28(21)40-29-11-13-33-27-9-8-25(16-26(27)29)41(38,39)20-23-6-5-12-32-17-23/h5-14,16-19H,15,20H2,1-4H3,(H,35,37). The highest BCUT2D eigenvalue weighted by molar-refractivity contribution is 7.90. The van der Waals surface area contributed by atoms with Gasteiger partial charge in [0.05, 0.1) is 40.0 Å². The summed E-state index contributed by atoms with van der Waals surface area (Å²) in [5, 5.41) is 7.80. The van der Waals surface area contributed by atoms with Crippen LogP contribution < -0.4 is 10.1 Å². The van der Waals surface area contributed by atoms with Gasteiger partial charge in [0, 0.05) is 30.2 Å². The van der Waals surface area contributed by atoms with E-state index in [9.17, 15) is 13.2 Å². The molecule has 5 rings (SSSR count). The summed E-state index contributed by atoms with van der Waals surface area (Å²) in [6.45, 7) is 8.02. The van der Waals surface area contributed by atoms with E-state index >= 15 is 0 Å². The zero-order valence-corrected chi connectivity index (χ0v) is 24.1. The molecule has 0 saturated heterocycles. The van der Waals surface area contributed by atoms with Crippen LogP contribution in [0, 0.1) is 6.92 Å². The number of rotatable bonds is 8. The summed E-state index contributed by atoms with van der Waals surface area (Å²) < 4.78 is 34.3. The molecule has 10 heteroatoms. The third-order valence-corrected chi connectivity index (χ3v) is 8.17. The van der Waals surface area contributed by atoms with Crippen LogP contribution in [0.25, 0.3) is 10.9 Å². The molecule has 41 heavy (non-hydrogen) atoms. The van der Waals surface area contributed by atoms with Crippen LogP contribution in [0.15, 0.2) is 90.5 Å². The number of pyridine rings is 2. The second-order valence-electron chi connectivity index (χ2n) is 10.9. The smallest absolute Gasteiger partial charge is 0.228 e. The normalized spacial score (nSPS) is 11.9. The molecule has 3 aromatic heterocycles. The van der Waals surface area contributed by atoms with Crippen LogP contribution >= 0.6 is 0 Å². The van der Waals surface area contributed by atoms with Crippen molar-refractivity contribution in [3.63, 3.8) is 0 Å². The van der Waals surface area contributed by atoms with Crippen molar-refractivity contribution in [3.05, 3.63) is 102 Å². The summed E-state index contributed by atoms with van der Waals surface area (Å²) in [5.74, 6) is 0.775. The third kappa shape index (κ3) is 6.60. The largest absolute Gasteiger partial charge is 0.456 e. The van der Waals surface area contributed by atoms with Crippen LogP contribution in [0.1, 0.15) is 37.5 Å². The van der Waals surface area contributed by atoms with Gasteiger partial charge in [0.25, 0.3) is 0 Å². The summed E-state index contributed by atoms with van der Waals surface area (Å²) >= 11 is 0. The van der Waals surface area contributed by atoms with Gasteiger partial charge in [-0.2, -0.15) is 5.10 Å². The van der Waals surface area contributed by atoms with Gasteiger partial charge in [-0.05, 0) is 80.8 Å².